The molecule has 32 heavy (non-hydrogen) atoms. The maximum absolute atomic E-state index is 13.5. The van der Waals surface area contributed by atoms with Gasteiger partial charge in [0.05, 0.1) is 5.69 Å². The van der Waals surface area contributed by atoms with Crippen LogP contribution < -0.4 is 26.0 Å². The Bertz CT molecular complexity index is 1430. The first-order valence-corrected chi connectivity index (χ1v) is 9.99. The van der Waals surface area contributed by atoms with Crippen LogP contribution in [0.15, 0.2) is 58.3 Å². The molecule has 10 heteroatoms. The van der Waals surface area contributed by atoms with E-state index in [0.717, 1.165) is 27.7 Å². The second kappa shape index (κ2) is 8.14. The molecule has 0 spiro atoms. The van der Waals surface area contributed by atoms with Crippen LogP contribution in [0, 0.1) is 5.82 Å². The smallest absolute Gasteiger partial charge is 0.334 e. The molecule has 4 aromatic rings. The van der Waals surface area contributed by atoms with E-state index in [1.807, 2.05) is 18.2 Å². The maximum atomic E-state index is 13.5. The molecular formula is C22H18FN5O4. The lowest BCUT2D eigenvalue weighted by molar-refractivity contribution is 0.171. The molecule has 3 heterocycles. The first kappa shape index (κ1) is 19.7. The van der Waals surface area contributed by atoms with Crippen molar-refractivity contribution >= 4 is 17.0 Å². The van der Waals surface area contributed by atoms with E-state index < -0.39 is 17.1 Å². The molecule has 2 aromatic carbocycles. The third-order valence-corrected chi connectivity index (χ3v) is 5.02. The Labute approximate surface area is 180 Å². The number of hydrogen-bond acceptors (Lipinski definition) is 7. The number of ether oxygens (including phenoxy) is 2. The van der Waals surface area contributed by atoms with Crippen LogP contribution in [-0.4, -0.2) is 39.3 Å². The highest BCUT2D eigenvalue weighted by atomic mass is 19.1. The Morgan fingerprint density at radius 2 is 1.94 bits per heavy atom. The van der Waals surface area contributed by atoms with Gasteiger partial charge in [0.25, 0.3) is 5.56 Å². The zero-order valence-electron chi connectivity index (χ0n) is 16.8. The summed E-state index contributed by atoms with van der Waals surface area (Å²) in [6.45, 7) is 1.59. The summed E-state index contributed by atoms with van der Waals surface area (Å²) in [5.41, 5.74) is -0.0654. The molecule has 0 radical (unpaired) electrons. The third-order valence-electron chi connectivity index (χ3n) is 5.02. The summed E-state index contributed by atoms with van der Waals surface area (Å²) >= 11 is 0. The predicted molar refractivity (Wildman–Crippen MR) is 115 cm³/mol. The van der Waals surface area contributed by atoms with E-state index in [1.54, 1.807) is 0 Å². The number of nitrogens with one attached hydrogen (secondary N) is 2. The topological polar surface area (TPSA) is 111 Å². The summed E-state index contributed by atoms with van der Waals surface area (Å²) in [5, 5.41) is 3.20. The quantitative estimate of drug-likeness (QED) is 0.493. The normalized spacial score (nSPS) is 12.7. The Balaban J connectivity index is 1.35. The summed E-state index contributed by atoms with van der Waals surface area (Å²) in [5.74, 6) is 1.18. The van der Waals surface area contributed by atoms with E-state index in [1.165, 1.54) is 24.4 Å². The number of halogens is 1. The molecule has 0 unspecified atom stereocenters. The first-order chi connectivity index (χ1) is 15.6. The molecule has 2 aromatic heterocycles. The maximum Gasteiger partial charge on any atom is 0.334 e. The highest BCUT2D eigenvalue weighted by Gasteiger charge is 2.13. The molecule has 0 fully saturated rings. The fourth-order valence-corrected chi connectivity index (χ4v) is 3.50. The van der Waals surface area contributed by atoms with Gasteiger partial charge in [-0.15, -0.1) is 0 Å². The summed E-state index contributed by atoms with van der Waals surface area (Å²) in [6, 6.07) is 11.0. The van der Waals surface area contributed by atoms with Crippen LogP contribution in [0.2, 0.25) is 0 Å². The van der Waals surface area contributed by atoms with E-state index in [4.69, 9.17) is 9.47 Å². The van der Waals surface area contributed by atoms with Crippen LogP contribution in [0.1, 0.15) is 5.56 Å². The number of aromatic amines is 1. The zero-order valence-corrected chi connectivity index (χ0v) is 16.8. The van der Waals surface area contributed by atoms with Gasteiger partial charge in [0.2, 0.25) is 5.95 Å². The molecule has 0 bridgehead atoms. The number of nitrogens with zero attached hydrogens (tertiary/aromatic N) is 3. The molecule has 0 amide bonds. The second-order valence-corrected chi connectivity index (χ2v) is 7.16. The minimum absolute atomic E-state index is 0.101. The van der Waals surface area contributed by atoms with Gasteiger partial charge < -0.3 is 14.8 Å². The molecule has 0 saturated heterocycles. The number of H-pyrrole nitrogens is 1. The summed E-state index contributed by atoms with van der Waals surface area (Å²) in [4.78, 5) is 36.2. The van der Waals surface area contributed by atoms with Crippen molar-refractivity contribution in [3.63, 3.8) is 0 Å². The predicted octanol–water partition coefficient (Wildman–Crippen LogP) is 2.03. The third kappa shape index (κ3) is 3.78. The standard InChI is InChI=1S/C22H18FN5O4/c23-14-2-1-3-15(11-14)28-20(29)16-12-25-21(26-19(16)27-22(28)30)24-7-6-13-4-5-17-18(10-13)32-9-8-31-17/h1-5,10-12H,6-9H2,(H2,24,25,26,27,30). The first-order valence-electron chi connectivity index (χ1n) is 9.99. The lowest BCUT2D eigenvalue weighted by Gasteiger charge is -2.18. The number of fused-ring (bicyclic) bond motifs is 2. The molecular weight excluding hydrogens is 417 g/mol. The van der Waals surface area contributed by atoms with Gasteiger partial charge in [-0.2, -0.15) is 4.98 Å². The van der Waals surface area contributed by atoms with Crippen molar-refractivity contribution in [2.24, 2.45) is 0 Å². The van der Waals surface area contributed by atoms with Gasteiger partial charge in [-0.25, -0.2) is 18.7 Å². The van der Waals surface area contributed by atoms with Crippen molar-refractivity contribution in [3.8, 4) is 17.2 Å². The van der Waals surface area contributed by atoms with Crippen LogP contribution in [-0.2, 0) is 6.42 Å². The largest absolute Gasteiger partial charge is 0.486 e. The van der Waals surface area contributed by atoms with Crippen LogP contribution in [0.25, 0.3) is 16.7 Å². The Morgan fingerprint density at radius 3 is 2.78 bits per heavy atom. The second-order valence-electron chi connectivity index (χ2n) is 7.16. The molecule has 2 N–H and O–H groups in total. The van der Waals surface area contributed by atoms with Crippen molar-refractivity contribution in [2.75, 3.05) is 25.1 Å². The van der Waals surface area contributed by atoms with Gasteiger partial charge in [0.15, 0.2) is 17.1 Å². The van der Waals surface area contributed by atoms with Crippen LogP contribution in [0.4, 0.5) is 10.3 Å². The van der Waals surface area contributed by atoms with Crippen LogP contribution in [0.5, 0.6) is 11.5 Å². The van der Waals surface area contributed by atoms with Crippen LogP contribution in [0.3, 0.4) is 0 Å². The van der Waals surface area contributed by atoms with E-state index in [0.29, 0.717) is 26.2 Å². The minimum Gasteiger partial charge on any atom is -0.486 e. The van der Waals surface area contributed by atoms with Crippen molar-refractivity contribution in [3.05, 3.63) is 80.9 Å². The van der Waals surface area contributed by atoms with Gasteiger partial charge in [-0.1, -0.05) is 12.1 Å². The van der Waals surface area contributed by atoms with E-state index in [9.17, 15) is 14.0 Å². The van der Waals surface area contributed by atoms with E-state index in [2.05, 4.69) is 20.3 Å². The van der Waals surface area contributed by atoms with Crippen molar-refractivity contribution in [1.82, 2.24) is 19.5 Å². The monoisotopic (exact) mass is 435 g/mol. The minimum atomic E-state index is -0.714. The Hall–Kier alpha value is -4.21. The molecule has 0 atom stereocenters. The average molecular weight is 435 g/mol. The fraction of sp³-hybridized carbons (Fsp3) is 0.182. The van der Waals surface area contributed by atoms with Gasteiger partial charge in [-0.3, -0.25) is 9.78 Å². The number of hydrogen-bond donors (Lipinski definition) is 2. The molecule has 1 aliphatic heterocycles. The lowest BCUT2D eigenvalue weighted by atomic mass is 10.1. The number of anilines is 1. The Morgan fingerprint density at radius 1 is 1.09 bits per heavy atom. The number of benzene rings is 2. The molecule has 0 saturated carbocycles. The SMILES string of the molecule is O=c1[nH]c2nc(NCCc3ccc4c(c3)OCCO4)ncc2c(=O)n1-c1cccc(F)c1. The van der Waals surface area contributed by atoms with E-state index in [-0.39, 0.29) is 22.7 Å². The van der Waals surface area contributed by atoms with Crippen molar-refractivity contribution in [2.45, 2.75) is 6.42 Å². The Kier molecular flexibility index (Phi) is 5.02. The molecule has 0 aliphatic carbocycles. The van der Waals surface area contributed by atoms with Gasteiger partial charge in [-0.05, 0) is 42.3 Å². The van der Waals surface area contributed by atoms with Crippen molar-refractivity contribution in [1.29, 1.82) is 0 Å². The van der Waals surface area contributed by atoms with Crippen LogP contribution >= 0.6 is 0 Å². The summed E-state index contributed by atoms with van der Waals surface area (Å²) < 4.78 is 25.5. The molecule has 5 rings (SSSR count). The highest BCUT2D eigenvalue weighted by Crippen LogP contribution is 2.30. The zero-order chi connectivity index (χ0) is 22.1. The van der Waals surface area contributed by atoms with Crippen molar-refractivity contribution < 1.29 is 13.9 Å². The number of aromatic nitrogens is 4. The van der Waals surface area contributed by atoms with Gasteiger partial charge in [0.1, 0.15) is 24.4 Å². The lowest BCUT2D eigenvalue weighted by Crippen LogP contribution is -2.34. The average Bonchev–Trinajstić information content (AvgIpc) is 2.79. The van der Waals surface area contributed by atoms with Gasteiger partial charge >= 0.3 is 5.69 Å². The number of rotatable bonds is 5. The highest BCUT2D eigenvalue weighted by molar-refractivity contribution is 5.73. The van der Waals surface area contributed by atoms with E-state index >= 15 is 0 Å². The summed E-state index contributed by atoms with van der Waals surface area (Å²) in [6.07, 6.45) is 2.01. The fourth-order valence-electron chi connectivity index (χ4n) is 3.50. The molecule has 1 aliphatic rings. The summed E-state index contributed by atoms with van der Waals surface area (Å²) in [7, 11) is 0. The molecule has 9 nitrogen and oxygen atoms in total. The molecule has 162 valence electrons. The van der Waals surface area contributed by atoms with Gasteiger partial charge in [0, 0.05) is 12.7 Å².